The molecule has 0 spiro atoms. The summed E-state index contributed by atoms with van der Waals surface area (Å²) in [5.74, 6) is 0. The van der Waals surface area contributed by atoms with Crippen molar-refractivity contribution in [2.24, 2.45) is 0 Å². The molecule has 1 aliphatic heterocycles. The second-order valence-electron chi connectivity index (χ2n) is 4.78. The highest BCUT2D eigenvalue weighted by Crippen LogP contribution is 2.32. The van der Waals surface area contributed by atoms with Gasteiger partial charge in [-0.1, -0.05) is 41.1 Å². The molecule has 0 saturated carbocycles. The maximum atomic E-state index is 10.7. The maximum absolute atomic E-state index is 10.7. The highest BCUT2D eigenvalue weighted by atomic mass is 79.9. The molecule has 0 aromatic heterocycles. The molecule has 1 heterocycles. The van der Waals surface area contributed by atoms with E-state index < -0.39 is 5.60 Å². The van der Waals surface area contributed by atoms with Crippen molar-refractivity contribution in [3.8, 4) is 0 Å². The molecule has 0 amide bonds. The van der Waals surface area contributed by atoms with Crippen LogP contribution in [0.3, 0.4) is 0 Å². The molecule has 3 heteroatoms. The SMILES string of the molecule is CCN1CCC(O)(C2=CCC=C(Br)C=C2)CC1. The van der Waals surface area contributed by atoms with Crippen molar-refractivity contribution in [2.45, 2.75) is 31.8 Å². The fourth-order valence-corrected chi connectivity index (χ4v) is 2.80. The first-order valence-corrected chi connectivity index (χ1v) is 7.12. The maximum Gasteiger partial charge on any atom is 0.0918 e. The van der Waals surface area contributed by atoms with Crippen LogP contribution in [0.2, 0.25) is 0 Å². The molecule has 1 aliphatic carbocycles. The molecule has 0 atom stereocenters. The second-order valence-corrected chi connectivity index (χ2v) is 5.70. The number of likely N-dealkylation sites (tertiary alicyclic amines) is 1. The minimum Gasteiger partial charge on any atom is -0.385 e. The molecule has 1 fully saturated rings. The Morgan fingerprint density at radius 3 is 2.65 bits per heavy atom. The van der Waals surface area contributed by atoms with Crippen molar-refractivity contribution >= 4 is 15.9 Å². The third-order valence-electron chi connectivity index (χ3n) is 3.74. The van der Waals surface area contributed by atoms with E-state index in [1.807, 2.05) is 6.08 Å². The summed E-state index contributed by atoms with van der Waals surface area (Å²) in [7, 11) is 0. The molecule has 2 nitrogen and oxygen atoms in total. The predicted molar refractivity (Wildman–Crippen MR) is 75.1 cm³/mol. The van der Waals surface area contributed by atoms with E-state index in [1.165, 1.54) is 0 Å². The largest absolute Gasteiger partial charge is 0.385 e. The standard InChI is InChI=1S/C14H20BrNO/c1-2-16-10-8-14(17,9-11-16)12-4-3-5-13(15)7-6-12/h4-7,17H,2-3,8-11H2,1H3. The van der Waals surface area contributed by atoms with Gasteiger partial charge in [-0.25, -0.2) is 0 Å². The van der Waals surface area contributed by atoms with E-state index in [0.29, 0.717) is 0 Å². The van der Waals surface area contributed by atoms with Gasteiger partial charge in [0.25, 0.3) is 0 Å². The van der Waals surface area contributed by atoms with E-state index in [9.17, 15) is 5.11 Å². The summed E-state index contributed by atoms with van der Waals surface area (Å²) in [6.07, 6.45) is 10.9. The van der Waals surface area contributed by atoms with E-state index in [2.05, 4.69) is 46.0 Å². The second kappa shape index (κ2) is 5.51. The Morgan fingerprint density at radius 1 is 1.29 bits per heavy atom. The Morgan fingerprint density at radius 2 is 2.00 bits per heavy atom. The van der Waals surface area contributed by atoms with Crippen LogP contribution in [0.15, 0.2) is 34.4 Å². The summed E-state index contributed by atoms with van der Waals surface area (Å²) in [6, 6.07) is 0. The van der Waals surface area contributed by atoms with E-state index in [4.69, 9.17) is 0 Å². The van der Waals surface area contributed by atoms with Gasteiger partial charge in [-0.15, -0.1) is 0 Å². The smallest absolute Gasteiger partial charge is 0.0918 e. The fraction of sp³-hybridized carbons (Fsp3) is 0.571. The van der Waals surface area contributed by atoms with Crippen molar-refractivity contribution in [3.05, 3.63) is 34.4 Å². The number of aliphatic hydroxyl groups is 1. The van der Waals surface area contributed by atoms with Crippen molar-refractivity contribution in [1.29, 1.82) is 0 Å². The topological polar surface area (TPSA) is 23.5 Å². The molecular formula is C14H20BrNO. The van der Waals surface area contributed by atoms with Crippen LogP contribution in [0.25, 0.3) is 0 Å². The van der Waals surface area contributed by atoms with Gasteiger partial charge in [0.2, 0.25) is 0 Å². The molecule has 0 radical (unpaired) electrons. The number of nitrogens with zero attached hydrogens (tertiary/aromatic N) is 1. The minimum absolute atomic E-state index is 0.617. The van der Waals surface area contributed by atoms with Gasteiger partial charge in [0, 0.05) is 17.6 Å². The van der Waals surface area contributed by atoms with Crippen LogP contribution >= 0.6 is 15.9 Å². The third-order valence-corrected chi connectivity index (χ3v) is 4.33. The van der Waals surface area contributed by atoms with Crippen LogP contribution in [0, 0.1) is 0 Å². The van der Waals surface area contributed by atoms with E-state index in [0.717, 1.165) is 49.0 Å². The lowest BCUT2D eigenvalue weighted by Gasteiger charge is -2.38. The number of piperidine rings is 1. The molecular weight excluding hydrogens is 278 g/mol. The quantitative estimate of drug-likeness (QED) is 0.847. The zero-order valence-corrected chi connectivity index (χ0v) is 11.9. The van der Waals surface area contributed by atoms with E-state index in [-0.39, 0.29) is 0 Å². The van der Waals surface area contributed by atoms with E-state index >= 15 is 0 Å². The monoisotopic (exact) mass is 297 g/mol. The summed E-state index contributed by atoms with van der Waals surface area (Å²) in [5.41, 5.74) is 0.465. The summed E-state index contributed by atoms with van der Waals surface area (Å²) in [5, 5.41) is 10.7. The van der Waals surface area contributed by atoms with Crippen molar-refractivity contribution in [1.82, 2.24) is 4.90 Å². The molecule has 0 unspecified atom stereocenters. The van der Waals surface area contributed by atoms with Gasteiger partial charge in [-0.3, -0.25) is 0 Å². The number of hydrogen-bond acceptors (Lipinski definition) is 2. The van der Waals surface area contributed by atoms with E-state index in [1.54, 1.807) is 0 Å². The van der Waals surface area contributed by atoms with Crippen molar-refractivity contribution in [3.63, 3.8) is 0 Å². The van der Waals surface area contributed by atoms with Crippen molar-refractivity contribution < 1.29 is 5.11 Å². The van der Waals surface area contributed by atoms with Crippen LogP contribution in [0.4, 0.5) is 0 Å². The number of allylic oxidation sites excluding steroid dienone is 4. The lowest BCUT2D eigenvalue weighted by Crippen LogP contribution is -2.45. The molecule has 1 saturated heterocycles. The number of hydrogen-bond donors (Lipinski definition) is 1. The van der Waals surface area contributed by atoms with Crippen molar-refractivity contribution in [2.75, 3.05) is 19.6 Å². The lowest BCUT2D eigenvalue weighted by atomic mass is 9.83. The van der Waals surface area contributed by atoms with Gasteiger partial charge in [0.15, 0.2) is 0 Å². The van der Waals surface area contributed by atoms with Crippen LogP contribution in [-0.2, 0) is 0 Å². The minimum atomic E-state index is -0.617. The Kier molecular flexibility index (Phi) is 4.23. The average molecular weight is 298 g/mol. The Hall–Kier alpha value is -0.380. The average Bonchev–Trinajstić information content (AvgIpc) is 2.55. The summed E-state index contributed by atoms with van der Waals surface area (Å²) in [4.78, 5) is 2.39. The van der Waals surface area contributed by atoms with Gasteiger partial charge < -0.3 is 10.0 Å². The Bertz CT molecular complexity index is 362. The van der Waals surface area contributed by atoms with Gasteiger partial charge in [-0.05, 0) is 37.5 Å². The molecule has 94 valence electrons. The van der Waals surface area contributed by atoms with Crippen LogP contribution in [0.1, 0.15) is 26.2 Å². The number of halogens is 1. The highest BCUT2D eigenvalue weighted by Gasteiger charge is 2.34. The molecule has 0 bridgehead atoms. The van der Waals surface area contributed by atoms with Gasteiger partial charge >= 0.3 is 0 Å². The zero-order valence-electron chi connectivity index (χ0n) is 10.3. The first kappa shape index (κ1) is 13.1. The molecule has 1 N–H and O–H groups in total. The lowest BCUT2D eigenvalue weighted by molar-refractivity contribution is 0.0135. The third kappa shape index (κ3) is 3.09. The fourth-order valence-electron chi connectivity index (χ4n) is 2.48. The molecule has 2 aliphatic rings. The van der Waals surface area contributed by atoms with Gasteiger partial charge in [-0.2, -0.15) is 0 Å². The van der Waals surface area contributed by atoms with Crippen LogP contribution < -0.4 is 0 Å². The molecule has 17 heavy (non-hydrogen) atoms. The molecule has 0 aromatic carbocycles. The van der Waals surface area contributed by atoms with Gasteiger partial charge in [0.05, 0.1) is 5.60 Å². The first-order valence-electron chi connectivity index (χ1n) is 6.33. The van der Waals surface area contributed by atoms with Crippen LogP contribution in [0.5, 0.6) is 0 Å². The van der Waals surface area contributed by atoms with Gasteiger partial charge in [0.1, 0.15) is 0 Å². The summed E-state index contributed by atoms with van der Waals surface area (Å²) < 4.78 is 1.10. The Balaban J connectivity index is 2.07. The molecule has 0 aromatic rings. The predicted octanol–water partition coefficient (Wildman–Crippen LogP) is 3.00. The summed E-state index contributed by atoms with van der Waals surface area (Å²) >= 11 is 3.48. The normalized spacial score (nSPS) is 25.1. The first-order chi connectivity index (χ1) is 8.14. The summed E-state index contributed by atoms with van der Waals surface area (Å²) in [6.45, 7) is 5.24. The highest BCUT2D eigenvalue weighted by molar-refractivity contribution is 9.11. The Labute approximate surface area is 112 Å². The van der Waals surface area contributed by atoms with Crippen LogP contribution in [-0.4, -0.2) is 35.2 Å². The zero-order chi connectivity index (χ0) is 12.3. The molecule has 2 rings (SSSR count). The number of rotatable bonds is 2.